The van der Waals surface area contributed by atoms with Gasteiger partial charge in [0.2, 0.25) is 5.95 Å². The standard InChI is InChI=1S/C22H26F3N9O9P2S2/c1-38-4-12-27-2-10-17(30-12)33(6-22(24,25)7-39-9-35)13(29-10)5-41-45(37,47)43-16-14(23)11(3-40-44-46)42-20(16)34-8-28-15-18(34)31-21(26)32-19(15)36/h2,8-9,11,14,16,20,44,46H,3-7H2,1H3,(H,37,47)(H3,26,31,32,36)/t11-,14-,16-,20-,45?/m1/s1. The highest BCUT2D eigenvalue weighted by atomic mass is 32.7. The maximum atomic E-state index is 15.8. The molecule has 0 amide bonds. The Labute approximate surface area is 273 Å². The van der Waals surface area contributed by atoms with Crippen molar-refractivity contribution in [2.24, 2.45) is 0 Å². The quantitative estimate of drug-likeness (QED) is 0.0721. The topological polar surface area (TPSA) is 226 Å². The SMILES string of the molecule is COCc1ncc2nc(COP(O)(=S)O[C@@H]3[C@H](F)[C@@H](COPS)O[C@H]3n3cnc4c(=O)[nH]c(N)nc43)n(CC(F)(F)COC=O)c2n1. The average Bonchev–Trinajstić information content (AvgIpc) is 3.67. The van der Waals surface area contributed by atoms with E-state index in [4.69, 9.17) is 40.6 Å². The smallest absolute Gasteiger partial charge is 0.325 e. The van der Waals surface area contributed by atoms with E-state index in [-0.39, 0.29) is 67.6 Å². The first-order valence-corrected chi connectivity index (χ1v) is 18.0. The summed E-state index contributed by atoms with van der Waals surface area (Å²) >= 11 is 9.15. The molecule has 1 aliphatic heterocycles. The molecule has 5 rings (SSSR count). The lowest BCUT2D eigenvalue weighted by molar-refractivity contribution is -0.141. The number of methoxy groups -OCH3 is 1. The number of aromatic nitrogens is 8. The van der Waals surface area contributed by atoms with Crippen LogP contribution in [0.2, 0.25) is 0 Å². The largest absolute Gasteiger partial charge is 0.461 e. The van der Waals surface area contributed by atoms with E-state index >= 15 is 4.39 Å². The minimum atomic E-state index is -4.42. The van der Waals surface area contributed by atoms with E-state index in [9.17, 15) is 23.3 Å². The van der Waals surface area contributed by atoms with Crippen molar-refractivity contribution >= 4 is 73.5 Å². The van der Waals surface area contributed by atoms with E-state index in [1.807, 2.05) is 0 Å². The van der Waals surface area contributed by atoms with Gasteiger partial charge in [-0.2, -0.15) is 4.98 Å². The zero-order valence-corrected chi connectivity index (χ0v) is 27.5. The van der Waals surface area contributed by atoms with E-state index in [0.717, 1.165) is 10.9 Å². The molecule has 0 spiro atoms. The fourth-order valence-electron chi connectivity index (χ4n) is 4.65. The summed E-state index contributed by atoms with van der Waals surface area (Å²) in [6.45, 7) is -7.88. The summed E-state index contributed by atoms with van der Waals surface area (Å²) in [5.41, 5.74) is 4.83. The fourth-order valence-corrected chi connectivity index (χ4v) is 6.43. The molecule has 0 aromatic carbocycles. The average molecular weight is 744 g/mol. The molecule has 25 heteroatoms. The van der Waals surface area contributed by atoms with Gasteiger partial charge in [-0.15, -0.1) is 12.2 Å². The van der Waals surface area contributed by atoms with E-state index in [1.165, 1.54) is 17.9 Å². The maximum Gasteiger partial charge on any atom is 0.325 e. The number of ether oxygens (including phenoxy) is 3. The predicted molar refractivity (Wildman–Crippen MR) is 164 cm³/mol. The van der Waals surface area contributed by atoms with E-state index in [2.05, 4.69) is 46.9 Å². The molecule has 1 aliphatic rings. The summed E-state index contributed by atoms with van der Waals surface area (Å²) in [4.78, 5) is 56.8. The molecule has 256 valence electrons. The van der Waals surface area contributed by atoms with Crippen molar-refractivity contribution in [3.8, 4) is 0 Å². The molecule has 0 saturated carbocycles. The van der Waals surface area contributed by atoms with Crippen LogP contribution >= 0.6 is 27.0 Å². The number of aromatic amines is 1. The van der Waals surface area contributed by atoms with Gasteiger partial charge in [-0.25, -0.2) is 33.1 Å². The first-order chi connectivity index (χ1) is 22.4. The molecule has 47 heavy (non-hydrogen) atoms. The lowest BCUT2D eigenvalue weighted by Gasteiger charge is -2.25. The summed E-state index contributed by atoms with van der Waals surface area (Å²) in [7, 11) is 1.09. The van der Waals surface area contributed by atoms with Crippen molar-refractivity contribution in [1.29, 1.82) is 0 Å². The summed E-state index contributed by atoms with van der Waals surface area (Å²) in [5.74, 6) is -3.88. The Kier molecular flexibility index (Phi) is 11.1. The van der Waals surface area contributed by atoms with Gasteiger partial charge in [-0.3, -0.25) is 23.7 Å². The molecule has 4 aromatic heterocycles. The Bertz CT molecular complexity index is 1850. The molecule has 1 fully saturated rings. The van der Waals surface area contributed by atoms with Crippen LogP contribution in [0, 0.1) is 0 Å². The van der Waals surface area contributed by atoms with Crippen molar-refractivity contribution < 1.29 is 50.6 Å². The number of nitrogen functional groups attached to an aromatic ring is 1. The summed E-state index contributed by atoms with van der Waals surface area (Å²) in [6, 6.07) is 0. The number of anilines is 1. The van der Waals surface area contributed by atoms with Gasteiger partial charge in [-0.1, -0.05) is 0 Å². The summed E-state index contributed by atoms with van der Waals surface area (Å²) in [6.07, 6.45) is -3.90. The zero-order chi connectivity index (χ0) is 33.9. The third-order valence-corrected chi connectivity index (χ3v) is 8.78. The summed E-state index contributed by atoms with van der Waals surface area (Å²) < 4.78 is 78.8. The minimum absolute atomic E-state index is 0.0406. The van der Waals surface area contributed by atoms with Gasteiger partial charge in [-0.05, 0) is 11.8 Å². The number of carbonyl (C=O) groups is 1. The van der Waals surface area contributed by atoms with Crippen LogP contribution in [-0.4, -0.2) is 95.0 Å². The van der Waals surface area contributed by atoms with E-state index in [0.29, 0.717) is 0 Å². The van der Waals surface area contributed by atoms with E-state index < -0.39 is 62.6 Å². The lowest BCUT2D eigenvalue weighted by Crippen LogP contribution is -2.32. The number of imidazole rings is 2. The third kappa shape index (κ3) is 8.07. The second kappa shape index (κ2) is 14.7. The highest BCUT2D eigenvalue weighted by Gasteiger charge is 2.50. The molecular formula is C22H26F3N9O9P2S2. The Morgan fingerprint density at radius 3 is 2.81 bits per heavy atom. The van der Waals surface area contributed by atoms with Gasteiger partial charge in [0.25, 0.3) is 18.0 Å². The molecule has 6 atom stereocenters. The minimum Gasteiger partial charge on any atom is -0.461 e. The van der Waals surface area contributed by atoms with Crippen molar-refractivity contribution in [2.75, 3.05) is 26.1 Å². The molecule has 4 N–H and O–H groups in total. The Morgan fingerprint density at radius 1 is 1.30 bits per heavy atom. The second-order valence-corrected chi connectivity index (χ2v) is 13.6. The third-order valence-electron chi connectivity index (χ3n) is 6.56. The van der Waals surface area contributed by atoms with Crippen LogP contribution in [0.4, 0.5) is 19.1 Å². The number of H-pyrrole nitrogens is 1. The van der Waals surface area contributed by atoms with Crippen LogP contribution in [0.1, 0.15) is 17.9 Å². The molecule has 4 aromatic rings. The van der Waals surface area contributed by atoms with Crippen molar-refractivity contribution in [2.45, 2.75) is 50.3 Å². The molecule has 0 bridgehead atoms. The van der Waals surface area contributed by atoms with Gasteiger partial charge in [0.05, 0.1) is 33.7 Å². The Hall–Kier alpha value is -2.85. The van der Waals surface area contributed by atoms with Crippen LogP contribution in [0.25, 0.3) is 22.3 Å². The molecule has 2 unspecified atom stereocenters. The Morgan fingerprint density at radius 2 is 2.09 bits per heavy atom. The molecule has 5 heterocycles. The monoisotopic (exact) mass is 743 g/mol. The summed E-state index contributed by atoms with van der Waals surface area (Å²) in [5, 5.41) is 0. The number of nitrogens with one attached hydrogen (secondary N) is 1. The van der Waals surface area contributed by atoms with Crippen molar-refractivity contribution in [1.82, 2.24) is 39.0 Å². The van der Waals surface area contributed by atoms with Gasteiger partial charge >= 0.3 is 6.72 Å². The zero-order valence-electron chi connectivity index (χ0n) is 23.9. The van der Waals surface area contributed by atoms with Crippen LogP contribution in [-0.2, 0) is 64.1 Å². The number of thiol groups is 1. The van der Waals surface area contributed by atoms with Crippen LogP contribution < -0.4 is 11.3 Å². The first kappa shape index (κ1) is 35.5. The van der Waals surface area contributed by atoms with Crippen LogP contribution in [0.3, 0.4) is 0 Å². The second-order valence-electron chi connectivity index (χ2n) is 9.80. The molecule has 0 aliphatic carbocycles. The number of hydrogen-bond donors (Lipinski definition) is 4. The number of rotatable bonds is 16. The molecule has 18 nitrogen and oxygen atoms in total. The number of alkyl halides is 3. The van der Waals surface area contributed by atoms with Crippen molar-refractivity contribution in [3.05, 3.63) is 34.5 Å². The van der Waals surface area contributed by atoms with Gasteiger partial charge in [0, 0.05) is 7.11 Å². The highest BCUT2D eigenvalue weighted by molar-refractivity contribution is 8.36. The lowest BCUT2D eigenvalue weighted by atomic mass is 10.1. The van der Waals surface area contributed by atoms with Crippen LogP contribution in [0.15, 0.2) is 17.3 Å². The number of nitrogens with zero attached hydrogens (tertiary/aromatic N) is 7. The van der Waals surface area contributed by atoms with Gasteiger partial charge < -0.3 is 38.5 Å². The number of fused-ring (bicyclic) bond motifs is 2. The number of carbonyl (C=O) groups excluding carboxylic acids is 1. The van der Waals surface area contributed by atoms with Gasteiger partial charge in [0.1, 0.15) is 36.8 Å². The molecule has 1 saturated heterocycles. The van der Waals surface area contributed by atoms with E-state index in [1.54, 1.807) is 0 Å². The van der Waals surface area contributed by atoms with Gasteiger partial charge in [0.15, 0.2) is 41.6 Å². The number of halogens is 3. The first-order valence-electron chi connectivity index (χ1n) is 13.2. The molecular weight excluding hydrogens is 717 g/mol. The molecule has 0 radical (unpaired) electrons. The fraction of sp³-hybridized carbons (Fsp3) is 0.500. The number of nitrogens with two attached hydrogens (primary N) is 1. The normalized spacial score (nSPS) is 21.7. The Balaban J connectivity index is 1.43. The van der Waals surface area contributed by atoms with Crippen molar-refractivity contribution in [3.63, 3.8) is 0 Å². The highest BCUT2D eigenvalue weighted by Crippen LogP contribution is 2.51. The van der Waals surface area contributed by atoms with Crippen LogP contribution in [0.5, 0.6) is 0 Å². The number of hydrogen-bond acceptors (Lipinski definition) is 16. The maximum absolute atomic E-state index is 15.8. The predicted octanol–water partition coefficient (Wildman–Crippen LogP) is 1.31.